The molecule has 1 atom stereocenters. The maximum Gasteiger partial charge on any atom is 0.225 e. The molecule has 3 aromatic rings. The molecule has 29 heavy (non-hydrogen) atoms. The molecular weight excluding hydrogens is 382 g/mol. The standard InChI is InChI=1S/C22H25N5OS/c1-26(2)12-18-24-21(23-15-10-19(28)27(11-15)16-8-9-16)20-17(13-29-22(20)25-18)14-6-4-3-5-7-14/h3-7,13,15-16H,8-12H2,1-2H3,(H,23,24,25). The molecule has 1 aliphatic carbocycles. The molecule has 1 N–H and O–H groups in total. The molecule has 1 saturated carbocycles. The second-order valence-corrected chi connectivity index (χ2v) is 9.10. The molecule has 1 aliphatic heterocycles. The maximum atomic E-state index is 12.4. The van der Waals surface area contributed by atoms with Crippen LogP contribution in [0.2, 0.25) is 0 Å². The van der Waals surface area contributed by atoms with Crippen LogP contribution in [-0.4, -0.2) is 58.4 Å². The minimum Gasteiger partial charge on any atom is -0.364 e. The Morgan fingerprint density at radius 2 is 2.00 bits per heavy atom. The highest BCUT2D eigenvalue weighted by Gasteiger charge is 2.39. The van der Waals surface area contributed by atoms with Crippen LogP contribution in [0.3, 0.4) is 0 Å². The highest BCUT2D eigenvalue weighted by Crippen LogP contribution is 2.38. The van der Waals surface area contributed by atoms with Crippen LogP contribution in [0.15, 0.2) is 35.7 Å². The minimum absolute atomic E-state index is 0.0944. The quantitative estimate of drug-likeness (QED) is 0.677. The van der Waals surface area contributed by atoms with Gasteiger partial charge in [0.1, 0.15) is 16.5 Å². The number of anilines is 1. The first kappa shape index (κ1) is 18.5. The predicted molar refractivity (Wildman–Crippen MR) is 117 cm³/mol. The Labute approximate surface area is 174 Å². The number of hydrogen-bond donors (Lipinski definition) is 1. The summed E-state index contributed by atoms with van der Waals surface area (Å²) in [6.07, 6.45) is 2.83. The van der Waals surface area contributed by atoms with Gasteiger partial charge in [-0.15, -0.1) is 11.3 Å². The van der Waals surface area contributed by atoms with Crippen molar-refractivity contribution in [1.29, 1.82) is 0 Å². The van der Waals surface area contributed by atoms with E-state index in [4.69, 9.17) is 9.97 Å². The van der Waals surface area contributed by atoms with Crippen molar-refractivity contribution in [2.24, 2.45) is 0 Å². The third-order valence-corrected chi connectivity index (χ3v) is 6.38. The van der Waals surface area contributed by atoms with E-state index in [1.165, 1.54) is 0 Å². The third kappa shape index (κ3) is 3.72. The molecule has 150 valence electrons. The molecule has 3 heterocycles. The molecule has 0 radical (unpaired) electrons. The first-order valence-electron chi connectivity index (χ1n) is 10.1. The number of amides is 1. The third-order valence-electron chi connectivity index (χ3n) is 5.51. The van der Waals surface area contributed by atoms with E-state index in [-0.39, 0.29) is 11.9 Å². The Balaban J connectivity index is 1.54. The highest BCUT2D eigenvalue weighted by atomic mass is 32.1. The first-order valence-corrected chi connectivity index (χ1v) is 11.0. The van der Waals surface area contributed by atoms with Crippen molar-refractivity contribution in [3.63, 3.8) is 0 Å². The Morgan fingerprint density at radius 1 is 1.21 bits per heavy atom. The number of carbonyl (C=O) groups is 1. The van der Waals surface area contributed by atoms with Crippen molar-refractivity contribution in [2.45, 2.75) is 37.9 Å². The lowest BCUT2D eigenvalue weighted by Gasteiger charge is -2.18. The van der Waals surface area contributed by atoms with Gasteiger partial charge in [-0.3, -0.25) is 4.79 Å². The van der Waals surface area contributed by atoms with Gasteiger partial charge in [-0.25, -0.2) is 9.97 Å². The van der Waals surface area contributed by atoms with Crippen LogP contribution in [0.25, 0.3) is 21.3 Å². The first-order chi connectivity index (χ1) is 14.1. The second-order valence-electron chi connectivity index (χ2n) is 8.24. The number of rotatable bonds is 6. The number of benzene rings is 1. The molecule has 0 spiro atoms. The molecule has 1 aromatic carbocycles. The van der Waals surface area contributed by atoms with Gasteiger partial charge in [0, 0.05) is 30.0 Å². The number of aromatic nitrogens is 2. The molecule has 7 heteroatoms. The zero-order valence-corrected chi connectivity index (χ0v) is 17.6. The summed E-state index contributed by atoms with van der Waals surface area (Å²) in [6.45, 7) is 1.45. The normalized spacial score (nSPS) is 19.5. The van der Waals surface area contributed by atoms with Crippen LogP contribution in [0, 0.1) is 0 Å². The van der Waals surface area contributed by atoms with Crippen molar-refractivity contribution >= 4 is 33.3 Å². The van der Waals surface area contributed by atoms with Gasteiger partial charge in [-0.2, -0.15) is 0 Å². The molecule has 0 bridgehead atoms. The molecule has 2 fully saturated rings. The lowest BCUT2D eigenvalue weighted by molar-refractivity contribution is -0.128. The fourth-order valence-electron chi connectivity index (χ4n) is 4.03. The van der Waals surface area contributed by atoms with Crippen LogP contribution in [0.5, 0.6) is 0 Å². The summed E-state index contributed by atoms with van der Waals surface area (Å²) in [5.74, 6) is 1.91. The summed E-state index contributed by atoms with van der Waals surface area (Å²) < 4.78 is 0. The molecule has 6 nitrogen and oxygen atoms in total. The molecule has 1 amide bonds. The largest absolute Gasteiger partial charge is 0.364 e. The number of nitrogens with one attached hydrogen (secondary N) is 1. The van der Waals surface area contributed by atoms with E-state index >= 15 is 0 Å². The van der Waals surface area contributed by atoms with Crippen molar-refractivity contribution in [2.75, 3.05) is 26.0 Å². The van der Waals surface area contributed by atoms with Crippen LogP contribution in [-0.2, 0) is 11.3 Å². The lowest BCUT2D eigenvalue weighted by Crippen LogP contribution is -2.30. The fourth-order valence-corrected chi connectivity index (χ4v) is 5.00. The van der Waals surface area contributed by atoms with Crippen LogP contribution >= 0.6 is 11.3 Å². The smallest absolute Gasteiger partial charge is 0.225 e. The summed E-state index contributed by atoms with van der Waals surface area (Å²) in [5, 5.41) is 6.83. The fraction of sp³-hybridized carbons (Fsp3) is 0.409. The van der Waals surface area contributed by atoms with E-state index in [0.717, 1.165) is 52.4 Å². The molecule has 1 saturated heterocycles. The van der Waals surface area contributed by atoms with Gasteiger partial charge >= 0.3 is 0 Å². The summed E-state index contributed by atoms with van der Waals surface area (Å²) in [7, 11) is 4.04. The summed E-state index contributed by atoms with van der Waals surface area (Å²) >= 11 is 1.65. The van der Waals surface area contributed by atoms with E-state index in [0.29, 0.717) is 19.0 Å². The Kier molecular flexibility index (Phi) is 4.72. The molecule has 1 unspecified atom stereocenters. The van der Waals surface area contributed by atoms with Crippen molar-refractivity contribution < 1.29 is 4.79 Å². The summed E-state index contributed by atoms with van der Waals surface area (Å²) in [6, 6.07) is 10.9. The van der Waals surface area contributed by atoms with Crippen LogP contribution < -0.4 is 5.32 Å². The van der Waals surface area contributed by atoms with E-state index in [2.05, 4.69) is 39.9 Å². The van der Waals surface area contributed by atoms with Crippen LogP contribution in [0.4, 0.5) is 5.82 Å². The van der Waals surface area contributed by atoms with E-state index < -0.39 is 0 Å². The van der Waals surface area contributed by atoms with Gasteiger partial charge in [0.05, 0.1) is 18.0 Å². The topological polar surface area (TPSA) is 61.4 Å². The second kappa shape index (κ2) is 7.39. The SMILES string of the molecule is CN(C)Cc1nc(NC2CC(=O)N(C3CC3)C2)c2c(-c3ccccc3)csc2n1. The highest BCUT2D eigenvalue weighted by molar-refractivity contribution is 7.17. The average molecular weight is 408 g/mol. The summed E-state index contributed by atoms with van der Waals surface area (Å²) in [5.41, 5.74) is 2.31. The molecule has 2 aliphatic rings. The minimum atomic E-state index is 0.0944. The summed E-state index contributed by atoms with van der Waals surface area (Å²) in [4.78, 5) is 27.2. The van der Waals surface area contributed by atoms with Gasteiger partial charge in [0.2, 0.25) is 5.91 Å². The number of hydrogen-bond acceptors (Lipinski definition) is 6. The average Bonchev–Trinajstić information content (AvgIpc) is 3.34. The monoisotopic (exact) mass is 407 g/mol. The number of carbonyl (C=O) groups excluding carboxylic acids is 1. The van der Waals surface area contributed by atoms with E-state index in [1.54, 1.807) is 11.3 Å². The zero-order chi connectivity index (χ0) is 20.0. The van der Waals surface area contributed by atoms with Gasteiger partial charge in [0.25, 0.3) is 0 Å². The molecule has 2 aromatic heterocycles. The van der Waals surface area contributed by atoms with E-state index in [9.17, 15) is 4.79 Å². The zero-order valence-electron chi connectivity index (χ0n) is 16.8. The number of fused-ring (bicyclic) bond motifs is 1. The van der Waals surface area contributed by atoms with Gasteiger partial charge in [-0.05, 0) is 32.5 Å². The maximum absolute atomic E-state index is 12.4. The number of thiophene rings is 1. The lowest BCUT2D eigenvalue weighted by atomic mass is 10.1. The van der Waals surface area contributed by atoms with Gasteiger partial charge in [0.15, 0.2) is 0 Å². The predicted octanol–water partition coefficient (Wildman–Crippen LogP) is 3.60. The van der Waals surface area contributed by atoms with Crippen molar-refractivity contribution in [3.8, 4) is 11.1 Å². The van der Waals surface area contributed by atoms with Gasteiger partial charge < -0.3 is 15.1 Å². The van der Waals surface area contributed by atoms with Crippen molar-refractivity contribution in [3.05, 3.63) is 41.5 Å². The molecule has 5 rings (SSSR count). The van der Waals surface area contributed by atoms with Crippen LogP contribution in [0.1, 0.15) is 25.1 Å². The number of nitrogens with zero attached hydrogens (tertiary/aromatic N) is 4. The Hall–Kier alpha value is -2.51. The van der Waals surface area contributed by atoms with Gasteiger partial charge in [-0.1, -0.05) is 30.3 Å². The van der Waals surface area contributed by atoms with Crippen molar-refractivity contribution in [1.82, 2.24) is 19.8 Å². The Morgan fingerprint density at radius 3 is 2.72 bits per heavy atom. The molecular formula is C22H25N5OS. The van der Waals surface area contributed by atoms with E-state index in [1.807, 2.05) is 25.1 Å². The number of likely N-dealkylation sites (tertiary alicyclic amines) is 1. The Bertz CT molecular complexity index is 1040.